The molecule has 0 aromatic carbocycles. The number of methoxy groups -OCH3 is 1. The molecule has 0 aromatic heterocycles. The van der Waals surface area contributed by atoms with Crippen molar-refractivity contribution < 1.29 is 23.7 Å². The number of carbonyl (C=O) groups is 1. The van der Waals surface area contributed by atoms with E-state index < -0.39 is 0 Å². The van der Waals surface area contributed by atoms with Crippen LogP contribution in [-0.4, -0.2) is 52.2 Å². The fourth-order valence-corrected chi connectivity index (χ4v) is 0.913. The van der Waals surface area contributed by atoms with Crippen LogP contribution in [0, 0.1) is 0 Å². The highest BCUT2D eigenvalue weighted by molar-refractivity contribution is 5.66. The standard InChI is InChI=1S/C8H16O4.C4H10O/c1-7(12-8(2)9)6-11-5-4-10-3;1-3-5-4-2/h7H,4-6H2,1-3H3;3-4H2,1-2H3. The Morgan fingerprint density at radius 3 is 2.06 bits per heavy atom. The van der Waals surface area contributed by atoms with Gasteiger partial charge in [-0.1, -0.05) is 0 Å². The van der Waals surface area contributed by atoms with E-state index in [2.05, 4.69) is 0 Å². The minimum atomic E-state index is -0.280. The number of hydrogen-bond donors (Lipinski definition) is 0. The maximum absolute atomic E-state index is 10.4. The lowest BCUT2D eigenvalue weighted by Gasteiger charge is -2.11. The van der Waals surface area contributed by atoms with Gasteiger partial charge in [-0.25, -0.2) is 0 Å². The molecule has 0 bridgehead atoms. The molecule has 0 heterocycles. The molecule has 0 rings (SSSR count). The zero-order valence-electron chi connectivity index (χ0n) is 11.7. The fourth-order valence-electron chi connectivity index (χ4n) is 0.913. The molecule has 0 saturated heterocycles. The molecule has 0 saturated carbocycles. The Bertz CT molecular complexity index is 159. The molecule has 0 amide bonds. The van der Waals surface area contributed by atoms with Crippen LogP contribution in [0.2, 0.25) is 0 Å². The van der Waals surface area contributed by atoms with Gasteiger partial charge in [-0.2, -0.15) is 0 Å². The van der Waals surface area contributed by atoms with Crippen LogP contribution >= 0.6 is 0 Å². The zero-order valence-corrected chi connectivity index (χ0v) is 11.7. The summed E-state index contributed by atoms with van der Waals surface area (Å²) in [5.74, 6) is -0.280. The predicted molar refractivity (Wildman–Crippen MR) is 66.1 cm³/mol. The maximum atomic E-state index is 10.4. The molecule has 5 nitrogen and oxygen atoms in total. The summed E-state index contributed by atoms with van der Waals surface area (Å²) in [6.07, 6.45) is -0.181. The normalized spacial score (nSPS) is 11.4. The first-order chi connectivity index (χ1) is 8.08. The van der Waals surface area contributed by atoms with Crippen molar-refractivity contribution in [1.29, 1.82) is 0 Å². The van der Waals surface area contributed by atoms with Crippen molar-refractivity contribution in [3.05, 3.63) is 0 Å². The van der Waals surface area contributed by atoms with E-state index in [9.17, 15) is 4.79 Å². The Morgan fingerprint density at radius 1 is 1.12 bits per heavy atom. The first-order valence-electron chi connectivity index (χ1n) is 5.90. The summed E-state index contributed by atoms with van der Waals surface area (Å²) >= 11 is 0. The van der Waals surface area contributed by atoms with Gasteiger partial charge in [0.15, 0.2) is 0 Å². The Kier molecular flexibility index (Phi) is 16.9. The topological polar surface area (TPSA) is 54.0 Å². The van der Waals surface area contributed by atoms with E-state index in [1.807, 2.05) is 13.8 Å². The highest BCUT2D eigenvalue weighted by Gasteiger charge is 2.04. The molecule has 104 valence electrons. The largest absolute Gasteiger partial charge is 0.460 e. The van der Waals surface area contributed by atoms with Crippen molar-refractivity contribution in [2.24, 2.45) is 0 Å². The smallest absolute Gasteiger partial charge is 0.302 e. The lowest BCUT2D eigenvalue weighted by Crippen LogP contribution is -2.19. The van der Waals surface area contributed by atoms with Crippen LogP contribution in [0.15, 0.2) is 0 Å². The highest BCUT2D eigenvalue weighted by Crippen LogP contribution is 1.92. The second kappa shape index (κ2) is 15.4. The maximum Gasteiger partial charge on any atom is 0.302 e. The van der Waals surface area contributed by atoms with Crippen LogP contribution in [0.4, 0.5) is 0 Å². The quantitative estimate of drug-likeness (QED) is 0.484. The van der Waals surface area contributed by atoms with Gasteiger partial charge < -0.3 is 18.9 Å². The molecule has 0 aromatic rings. The summed E-state index contributed by atoms with van der Waals surface area (Å²) in [7, 11) is 1.61. The molecular formula is C12H26O5. The average molecular weight is 250 g/mol. The second-order valence-corrected chi connectivity index (χ2v) is 3.27. The van der Waals surface area contributed by atoms with E-state index in [0.717, 1.165) is 13.2 Å². The minimum absolute atomic E-state index is 0.181. The molecule has 0 aliphatic carbocycles. The van der Waals surface area contributed by atoms with Gasteiger partial charge in [0.1, 0.15) is 6.10 Å². The van der Waals surface area contributed by atoms with E-state index >= 15 is 0 Å². The Labute approximate surface area is 104 Å². The fraction of sp³-hybridized carbons (Fsp3) is 0.917. The van der Waals surface area contributed by atoms with Crippen LogP contribution in [0.25, 0.3) is 0 Å². The van der Waals surface area contributed by atoms with Crippen molar-refractivity contribution >= 4 is 5.97 Å². The Balaban J connectivity index is 0. The molecule has 0 spiro atoms. The zero-order chi connectivity index (χ0) is 13.5. The molecule has 1 unspecified atom stereocenters. The number of esters is 1. The third-order valence-corrected chi connectivity index (χ3v) is 1.56. The Hall–Kier alpha value is -0.650. The summed E-state index contributed by atoms with van der Waals surface area (Å²) in [4.78, 5) is 10.4. The molecular weight excluding hydrogens is 224 g/mol. The Morgan fingerprint density at radius 2 is 1.71 bits per heavy atom. The van der Waals surface area contributed by atoms with Gasteiger partial charge in [0.2, 0.25) is 0 Å². The van der Waals surface area contributed by atoms with Gasteiger partial charge in [0.05, 0.1) is 19.8 Å². The predicted octanol–water partition coefficient (Wildman–Crippen LogP) is 1.64. The second-order valence-electron chi connectivity index (χ2n) is 3.27. The molecule has 17 heavy (non-hydrogen) atoms. The van der Waals surface area contributed by atoms with Gasteiger partial charge >= 0.3 is 5.97 Å². The number of ether oxygens (including phenoxy) is 4. The molecule has 1 atom stereocenters. The number of hydrogen-bond acceptors (Lipinski definition) is 5. The molecule has 0 aliphatic heterocycles. The summed E-state index contributed by atoms with van der Waals surface area (Å²) in [6.45, 7) is 10.3. The van der Waals surface area contributed by atoms with Crippen molar-refractivity contribution in [2.45, 2.75) is 33.8 Å². The molecule has 0 radical (unpaired) electrons. The van der Waals surface area contributed by atoms with Crippen molar-refractivity contribution in [3.8, 4) is 0 Å². The van der Waals surface area contributed by atoms with Crippen LogP contribution < -0.4 is 0 Å². The lowest BCUT2D eigenvalue weighted by molar-refractivity contribution is -0.148. The van der Waals surface area contributed by atoms with E-state index in [1.54, 1.807) is 14.0 Å². The lowest BCUT2D eigenvalue weighted by atomic mass is 10.4. The third-order valence-electron chi connectivity index (χ3n) is 1.56. The van der Waals surface area contributed by atoms with E-state index in [1.165, 1.54) is 6.92 Å². The summed E-state index contributed by atoms with van der Waals surface area (Å²) in [5, 5.41) is 0. The summed E-state index contributed by atoms with van der Waals surface area (Å²) in [6, 6.07) is 0. The summed E-state index contributed by atoms with van der Waals surface area (Å²) in [5.41, 5.74) is 0. The van der Waals surface area contributed by atoms with E-state index in [4.69, 9.17) is 18.9 Å². The van der Waals surface area contributed by atoms with Crippen LogP contribution in [0.3, 0.4) is 0 Å². The average Bonchev–Trinajstić information content (AvgIpc) is 2.25. The van der Waals surface area contributed by atoms with E-state index in [0.29, 0.717) is 19.8 Å². The van der Waals surface area contributed by atoms with Crippen molar-refractivity contribution in [3.63, 3.8) is 0 Å². The minimum Gasteiger partial charge on any atom is -0.460 e. The summed E-state index contributed by atoms with van der Waals surface area (Å²) < 4.78 is 19.6. The van der Waals surface area contributed by atoms with Crippen LogP contribution in [0.5, 0.6) is 0 Å². The molecule has 0 N–H and O–H groups in total. The monoisotopic (exact) mass is 250 g/mol. The van der Waals surface area contributed by atoms with Crippen LogP contribution in [0.1, 0.15) is 27.7 Å². The molecule has 5 heteroatoms. The SMILES string of the molecule is CCOCC.COCCOCC(C)OC(C)=O. The first kappa shape index (κ1) is 18.7. The van der Waals surface area contributed by atoms with Gasteiger partial charge in [-0.3, -0.25) is 4.79 Å². The molecule has 0 aliphatic rings. The van der Waals surface area contributed by atoms with Gasteiger partial charge in [-0.05, 0) is 20.8 Å². The van der Waals surface area contributed by atoms with Crippen LogP contribution in [-0.2, 0) is 23.7 Å². The number of carbonyl (C=O) groups excluding carboxylic acids is 1. The first-order valence-corrected chi connectivity index (χ1v) is 5.90. The highest BCUT2D eigenvalue weighted by atomic mass is 16.6. The molecule has 0 fully saturated rings. The van der Waals surface area contributed by atoms with Crippen molar-refractivity contribution in [2.75, 3.05) is 40.1 Å². The van der Waals surface area contributed by atoms with Gasteiger partial charge in [0, 0.05) is 27.2 Å². The number of rotatable bonds is 8. The van der Waals surface area contributed by atoms with E-state index in [-0.39, 0.29) is 12.1 Å². The van der Waals surface area contributed by atoms with Gasteiger partial charge in [-0.15, -0.1) is 0 Å². The van der Waals surface area contributed by atoms with Crippen molar-refractivity contribution in [1.82, 2.24) is 0 Å². The van der Waals surface area contributed by atoms with Gasteiger partial charge in [0.25, 0.3) is 0 Å². The third kappa shape index (κ3) is 21.2.